The van der Waals surface area contributed by atoms with E-state index in [1.165, 1.54) is 25.7 Å². The second kappa shape index (κ2) is 6.70. The zero-order chi connectivity index (χ0) is 13.7. The van der Waals surface area contributed by atoms with Crippen LogP contribution in [0, 0.1) is 6.92 Å². The molecule has 1 aromatic heterocycles. The molecule has 1 atom stereocenters. The first-order valence-electron chi connectivity index (χ1n) is 7.26. The van der Waals surface area contributed by atoms with Crippen molar-refractivity contribution in [2.75, 3.05) is 29.9 Å². The Labute approximate surface area is 115 Å². The summed E-state index contributed by atoms with van der Waals surface area (Å²) in [6, 6.07) is 2.27. The highest BCUT2D eigenvalue weighted by Crippen LogP contribution is 2.20. The van der Waals surface area contributed by atoms with E-state index in [0.29, 0.717) is 6.54 Å². The fraction of sp³-hybridized carbons (Fsp3) is 0.714. The Kier molecular flexibility index (Phi) is 4.96. The number of aromatic nitrogens is 2. The number of hydrogen-bond acceptors (Lipinski definition) is 5. The van der Waals surface area contributed by atoms with Crippen molar-refractivity contribution in [3.05, 3.63) is 11.9 Å². The van der Waals surface area contributed by atoms with Crippen LogP contribution in [0.5, 0.6) is 0 Å². The number of hydrogen-bond donors (Lipinski definition) is 2. The number of nitrogens with zero attached hydrogens (tertiary/aromatic N) is 3. The van der Waals surface area contributed by atoms with Gasteiger partial charge in [-0.05, 0) is 26.7 Å². The third kappa shape index (κ3) is 4.06. The Morgan fingerprint density at radius 3 is 2.58 bits per heavy atom. The minimum absolute atomic E-state index is 0.228. The summed E-state index contributed by atoms with van der Waals surface area (Å²) in [6.45, 7) is 6.80. The minimum Gasteiger partial charge on any atom is -0.366 e. The molecular weight excluding hydrogens is 238 g/mol. The molecule has 1 saturated heterocycles. The van der Waals surface area contributed by atoms with Gasteiger partial charge in [0.2, 0.25) is 0 Å². The van der Waals surface area contributed by atoms with Gasteiger partial charge >= 0.3 is 0 Å². The molecule has 3 N–H and O–H groups in total. The Bertz CT molecular complexity index is 399. The van der Waals surface area contributed by atoms with Gasteiger partial charge in [0.25, 0.3) is 0 Å². The number of aryl methyl sites for hydroxylation is 1. The largest absolute Gasteiger partial charge is 0.366 e. The summed E-state index contributed by atoms with van der Waals surface area (Å²) in [5.74, 6) is 2.74. The standard InChI is InChI=1S/C14H25N5/c1-11(10-15)16-13-9-14(18-12(2)17-13)19-7-5-3-4-6-8-19/h9,11H,3-8,10,15H2,1-2H3,(H,16,17,18). The zero-order valence-corrected chi connectivity index (χ0v) is 12.0. The van der Waals surface area contributed by atoms with Crippen LogP contribution in [0.15, 0.2) is 6.07 Å². The van der Waals surface area contributed by atoms with Crippen LogP contribution >= 0.6 is 0 Å². The van der Waals surface area contributed by atoms with E-state index < -0.39 is 0 Å². The lowest BCUT2D eigenvalue weighted by atomic mass is 10.2. The van der Waals surface area contributed by atoms with Crippen molar-refractivity contribution in [3.63, 3.8) is 0 Å². The third-order valence-corrected chi connectivity index (χ3v) is 3.50. The van der Waals surface area contributed by atoms with Crippen LogP contribution in [0.2, 0.25) is 0 Å². The van der Waals surface area contributed by atoms with Crippen LogP contribution in [0.1, 0.15) is 38.4 Å². The number of anilines is 2. The molecule has 1 unspecified atom stereocenters. The van der Waals surface area contributed by atoms with Crippen LogP contribution in [0.3, 0.4) is 0 Å². The van der Waals surface area contributed by atoms with Crippen molar-refractivity contribution >= 4 is 11.6 Å². The van der Waals surface area contributed by atoms with Crippen LogP contribution in [-0.2, 0) is 0 Å². The first-order valence-corrected chi connectivity index (χ1v) is 7.26. The Morgan fingerprint density at radius 1 is 1.26 bits per heavy atom. The summed E-state index contributed by atoms with van der Waals surface area (Å²) in [4.78, 5) is 11.4. The minimum atomic E-state index is 0.228. The highest BCUT2D eigenvalue weighted by Gasteiger charge is 2.13. The van der Waals surface area contributed by atoms with Gasteiger partial charge in [-0.1, -0.05) is 12.8 Å². The molecule has 5 heteroatoms. The molecule has 0 spiro atoms. The first kappa shape index (κ1) is 14.1. The molecule has 1 aliphatic heterocycles. The van der Waals surface area contributed by atoms with Crippen molar-refractivity contribution in [1.29, 1.82) is 0 Å². The molecule has 1 fully saturated rings. The smallest absolute Gasteiger partial charge is 0.134 e. The average molecular weight is 263 g/mol. The summed E-state index contributed by atoms with van der Waals surface area (Å²) < 4.78 is 0. The normalized spacial score (nSPS) is 17.9. The molecular formula is C14H25N5. The van der Waals surface area contributed by atoms with Crippen molar-refractivity contribution in [3.8, 4) is 0 Å². The number of rotatable bonds is 4. The SMILES string of the molecule is Cc1nc(NC(C)CN)cc(N2CCCCCC2)n1. The summed E-state index contributed by atoms with van der Waals surface area (Å²) in [5.41, 5.74) is 5.64. The summed E-state index contributed by atoms with van der Waals surface area (Å²) in [5, 5.41) is 3.32. The van der Waals surface area contributed by atoms with Gasteiger partial charge in [-0.25, -0.2) is 9.97 Å². The Hall–Kier alpha value is -1.36. The van der Waals surface area contributed by atoms with Crippen LogP contribution in [0.4, 0.5) is 11.6 Å². The molecule has 0 saturated carbocycles. The lowest BCUT2D eigenvalue weighted by molar-refractivity contribution is 0.726. The maximum absolute atomic E-state index is 5.64. The third-order valence-electron chi connectivity index (χ3n) is 3.50. The maximum Gasteiger partial charge on any atom is 0.134 e. The molecule has 2 heterocycles. The zero-order valence-electron chi connectivity index (χ0n) is 12.0. The second-order valence-corrected chi connectivity index (χ2v) is 5.34. The molecule has 2 rings (SSSR count). The highest BCUT2D eigenvalue weighted by atomic mass is 15.2. The van der Waals surface area contributed by atoms with Gasteiger partial charge in [0.05, 0.1) is 0 Å². The van der Waals surface area contributed by atoms with E-state index in [-0.39, 0.29) is 6.04 Å². The highest BCUT2D eigenvalue weighted by molar-refractivity contribution is 5.50. The maximum atomic E-state index is 5.64. The summed E-state index contributed by atoms with van der Waals surface area (Å²) in [6.07, 6.45) is 5.17. The van der Waals surface area contributed by atoms with E-state index in [1.807, 2.05) is 13.0 Å². The fourth-order valence-electron chi connectivity index (χ4n) is 2.40. The molecule has 5 nitrogen and oxygen atoms in total. The van der Waals surface area contributed by atoms with Gasteiger partial charge in [0.1, 0.15) is 17.5 Å². The molecule has 1 aromatic rings. The van der Waals surface area contributed by atoms with Crippen LogP contribution in [-0.4, -0.2) is 35.6 Å². The molecule has 0 radical (unpaired) electrons. The molecule has 0 aliphatic carbocycles. The lowest BCUT2D eigenvalue weighted by Gasteiger charge is -2.22. The molecule has 0 amide bonds. The Morgan fingerprint density at radius 2 is 1.95 bits per heavy atom. The average Bonchev–Trinajstić information content (AvgIpc) is 2.66. The first-order chi connectivity index (χ1) is 9.19. The lowest BCUT2D eigenvalue weighted by Crippen LogP contribution is -2.28. The molecule has 19 heavy (non-hydrogen) atoms. The van der Waals surface area contributed by atoms with Gasteiger partial charge in [-0.2, -0.15) is 0 Å². The molecule has 1 aliphatic rings. The van der Waals surface area contributed by atoms with E-state index in [9.17, 15) is 0 Å². The quantitative estimate of drug-likeness (QED) is 0.869. The van der Waals surface area contributed by atoms with E-state index in [2.05, 4.69) is 27.1 Å². The number of nitrogens with one attached hydrogen (secondary N) is 1. The van der Waals surface area contributed by atoms with E-state index in [1.54, 1.807) is 0 Å². The topological polar surface area (TPSA) is 67.1 Å². The van der Waals surface area contributed by atoms with Crippen LogP contribution in [0.25, 0.3) is 0 Å². The van der Waals surface area contributed by atoms with Crippen molar-refractivity contribution in [2.45, 2.75) is 45.6 Å². The van der Waals surface area contributed by atoms with Gasteiger partial charge in [0, 0.05) is 31.7 Å². The predicted octanol–water partition coefficient (Wildman–Crippen LogP) is 1.92. The van der Waals surface area contributed by atoms with Gasteiger partial charge in [0.15, 0.2) is 0 Å². The van der Waals surface area contributed by atoms with E-state index in [0.717, 1.165) is 30.5 Å². The summed E-state index contributed by atoms with van der Waals surface area (Å²) in [7, 11) is 0. The molecule has 0 aromatic carbocycles. The van der Waals surface area contributed by atoms with Gasteiger partial charge in [-0.3, -0.25) is 0 Å². The van der Waals surface area contributed by atoms with Crippen molar-refractivity contribution in [1.82, 2.24) is 9.97 Å². The Balaban J connectivity index is 2.15. The fourth-order valence-corrected chi connectivity index (χ4v) is 2.40. The second-order valence-electron chi connectivity index (χ2n) is 5.34. The van der Waals surface area contributed by atoms with Gasteiger partial charge < -0.3 is 16.0 Å². The van der Waals surface area contributed by atoms with Gasteiger partial charge in [-0.15, -0.1) is 0 Å². The monoisotopic (exact) mass is 263 g/mol. The van der Waals surface area contributed by atoms with E-state index >= 15 is 0 Å². The molecule has 106 valence electrons. The van der Waals surface area contributed by atoms with Crippen molar-refractivity contribution < 1.29 is 0 Å². The number of nitrogens with two attached hydrogens (primary N) is 1. The van der Waals surface area contributed by atoms with E-state index in [4.69, 9.17) is 5.73 Å². The van der Waals surface area contributed by atoms with Crippen LogP contribution < -0.4 is 16.0 Å². The molecule has 0 bridgehead atoms. The summed E-state index contributed by atoms with van der Waals surface area (Å²) >= 11 is 0. The van der Waals surface area contributed by atoms with Crippen molar-refractivity contribution in [2.24, 2.45) is 5.73 Å². The predicted molar refractivity (Wildman–Crippen MR) is 79.6 cm³/mol.